The number of anilines is 1. The normalized spacial score (nSPS) is 14.4. The number of likely N-dealkylation sites (N-methyl/N-ethyl adjacent to an activating group) is 1. The van der Waals surface area contributed by atoms with Gasteiger partial charge in [0.1, 0.15) is 6.04 Å². The summed E-state index contributed by atoms with van der Waals surface area (Å²) >= 11 is 0. The molecule has 0 spiro atoms. The zero-order chi connectivity index (χ0) is 14.7. The molecule has 0 radical (unpaired) electrons. The van der Waals surface area contributed by atoms with E-state index >= 15 is 0 Å². The lowest BCUT2D eigenvalue weighted by Crippen LogP contribution is -2.41. The summed E-state index contributed by atoms with van der Waals surface area (Å²) in [6.45, 7) is 7.76. The number of amides is 2. The number of fused-ring (bicyclic) bond motifs is 1. The number of carbonyl (C=O) groups is 2. The minimum absolute atomic E-state index is 0.0497. The van der Waals surface area contributed by atoms with E-state index in [-0.39, 0.29) is 17.9 Å². The Bertz CT molecular complexity index is 524. The summed E-state index contributed by atoms with van der Waals surface area (Å²) in [4.78, 5) is 25.6. The van der Waals surface area contributed by atoms with Crippen molar-refractivity contribution in [3.05, 3.63) is 29.3 Å². The maximum Gasteiger partial charge on any atom is 0.251 e. The minimum Gasteiger partial charge on any atom is -0.374 e. The Morgan fingerprint density at radius 1 is 1.40 bits per heavy atom. The van der Waals surface area contributed by atoms with Crippen LogP contribution in [0, 0.1) is 0 Å². The summed E-state index contributed by atoms with van der Waals surface area (Å²) in [7, 11) is 0. The Kier molecular flexibility index (Phi) is 4.27. The molecule has 1 aliphatic heterocycles. The van der Waals surface area contributed by atoms with Crippen molar-refractivity contribution in [2.45, 2.75) is 33.4 Å². The van der Waals surface area contributed by atoms with Gasteiger partial charge in [-0.25, -0.2) is 0 Å². The summed E-state index contributed by atoms with van der Waals surface area (Å²) in [6, 6.07) is 5.33. The average Bonchev–Trinajstić information content (AvgIpc) is 2.81. The summed E-state index contributed by atoms with van der Waals surface area (Å²) in [5.41, 5.74) is 2.49. The van der Waals surface area contributed by atoms with Crippen molar-refractivity contribution in [1.29, 1.82) is 0 Å². The summed E-state index contributed by atoms with van der Waals surface area (Å²) < 4.78 is 0. The largest absolute Gasteiger partial charge is 0.374 e. The van der Waals surface area contributed by atoms with E-state index in [4.69, 9.17) is 0 Å². The van der Waals surface area contributed by atoms with Crippen LogP contribution in [0.25, 0.3) is 0 Å². The highest BCUT2D eigenvalue weighted by Gasteiger charge is 2.21. The van der Waals surface area contributed by atoms with E-state index in [0.29, 0.717) is 25.2 Å². The number of hydrogen-bond donors (Lipinski definition) is 2. The molecule has 0 saturated heterocycles. The van der Waals surface area contributed by atoms with Crippen LogP contribution >= 0.6 is 0 Å². The molecule has 1 aliphatic rings. The highest BCUT2D eigenvalue weighted by Crippen LogP contribution is 2.20. The van der Waals surface area contributed by atoms with Gasteiger partial charge in [0.05, 0.1) is 0 Å². The van der Waals surface area contributed by atoms with E-state index in [2.05, 4.69) is 10.6 Å². The molecule has 2 amide bonds. The van der Waals surface area contributed by atoms with Gasteiger partial charge < -0.3 is 15.5 Å². The molecule has 2 rings (SSSR count). The number of carbonyl (C=O) groups excluding carboxylic acids is 2. The smallest absolute Gasteiger partial charge is 0.251 e. The zero-order valence-electron chi connectivity index (χ0n) is 12.2. The van der Waals surface area contributed by atoms with Gasteiger partial charge >= 0.3 is 0 Å². The first-order chi connectivity index (χ1) is 9.56. The van der Waals surface area contributed by atoms with E-state index in [1.807, 2.05) is 39.0 Å². The monoisotopic (exact) mass is 275 g/mol. The third kappa shape index (κ3) is 2.76. The fourth-order valence-electron chi connectivity index (χ4n) is 2.42. The summed E-state index contributed by atoms with van der Waals surface area (Å²) in [5, 5.41) is 5.95. The minimum atomic E-state index is -0.308. The van der Waals surface area contributed by atoms with E-state index in [0.717, 1.165) is 11.3 Å². The number of nitrogens with zero attached hydrogens (tertiary/aromatic N) is 1. The van der Waals surface area contributed by atoms with E-state index in [1.165, 1.54) is 0 Å². The van der Waals surface area contributed by atoms with Gasteiger partial charge in [0.25, 0.3) is 5.91 Å². The first kappa shape index (κ1) is 14.4. The van der Waals surface area contributed by atoms with E-state index in [1.54, 1.807) is 4.90 Å². The van der Waals surface area contributed by atoms with Crippen molar-refractivity contribution in [3.63, 3.8) is 0 Å². The van der Waals surface area contributed by atoms with Crippen molar-refractivity contribution < 1.29 is 9.59 Å². The van der Waals surface area contributed by atoms with Crippen LogP contribution in [0.4, 0.5) is 5.69 Å². The van der Waals surface area contributed by atoms with Gasteiger partial charge in [-0.3, -0.25) is 9.59 Å². The lowest BCUT2D eigenvalue weighted by atomic mass is 10.1. The Morgan fingerprint density at radius 3 is 2.75 bits per heavy atom. The van der Waals surface area contributed by atoms with Crippen molar-refractivity contribution in [3.8, 4) is 0 Å². The molecular formula is C15H21N3O2. The van der Waals surface area contributed by atoms with Crippen LogP contribution in [0.2, 0.25) is 0 Å². The quantitative estimate of drug-likeness (QED) is 0.858. The predicted octanol–water partition coefficient (Wildman–Crippen LogP) is 1.60. The van der Waals surface area contributed by atoms with E-state index in [9.17, 15) is 9.59 Å². The SMILES string of the molecule is CCN(CC)C(=O)[C@H](C)Nc1ccc2c(c1)C(=O)NC2. The van der Waals surface area contributed by atoms with Crippen LogP contribution in [-0.4, -0.2) is 35.8 Å². The number of hydrogen-bond acceptors (Lipinski definition) is 3. The molecule has 108 valence electrons. The van der Waals surface area contributed by atoms with Crippen LogP contribution in [0.15, 0.2) is 18.2 Å². The van der Waals surface area contributed by atoms with Gasteiger partial charge in [-0.1, -0.05) is 6.07 Å². The van der Waals surface area contributed by atoms with Crippen molar-refractivity contribution in [1.82, 2.24) is 10.2 Å². The molecule has 1 atom stereocenters. The molecule has 0 aromatic heterocycles. The molecule has 0 aliphatic carbocycles. The molecule has 5 heteroatoms. The number of rotatable bonds is 5. The number of nitrogens with one attached hydrogen (secondary N) is 2. The molecule has 0 unspecified atom stereocenters. The van der Waals surface area contributed by atoms with Gasteiger partial charge in [-0.2, -0.15) is 0 Å². The second-order valence-corrected chi connectivity index (χ2v) is 4.93. The molecule has 1 aromatic carbocycles. The fraction of sp³-hybridized carbons (Fsp3) is 0.467. The Morgan fingerprint density at radius 2 is 2.10 bits per heavy atom. The Labute approximate surface area is 119 Å². The maximum absolute atomic E-state index is 12.2. The lowest BCUT2D eigenvalue weighted by Gasteiger charge is -2.24. The van der Waals surface area contributed by atoms with E-state index < -0.39 is 0 Å². The Hall–Kier alpha value is -2.04. The van der Waals surface area contributed by atoms with Crippen LogP contribution < -0.4 is 10.6 Å². The third-order valence-electron chi connectivity index (χ3n) is 3.62. The zero-order valence-corrected chi connectivity index (χ0v) is 12.2. The van der Waals surface area contributed by atoms with Crippen LogP contribution in [0.3, 0.4) is 0 Å². The number of benzene rings is 1. The predicted molar refractivity (Wildman–Crippen MR) is 78.6 cm³/mol. The standard InChI is InChI=1S/C15H21N3O2/c1-4-18(5-2)15(20)10(3)17-12-7-6-11-9-16-14(19)13(11)8-12/h6-8,10,17H,4-5,9H2,1-3H3,(H,16,19)/t10-/m0/s1. The van der Waals surface area contributed by atoms with Gasteiger partial charge in [-0.15, -0.1) is 0 Å². The average molecular weight is 275 g/mol. The van der Waals surface area contributed by atoms with Gasteiger partial charge in [-0.05, 0) is 38.5 Å². The topological polar surface area (TPSA) is 61.4 Å². The molecule has 2 N–H and O–H groups in total. The van der Waals surface area contributed by atoms with Gasteiger partial charge in [0.15, 0.2) is 0 Å². The first-order valence-electron chi connectivity index (χ1n) is 7.03. The third-order valence-corrected chi connectivity index (χ3v) is 3.62. The molecule has 1 aromatic rings. The molecular weight excluding hydrogens is 254 g/mol. The second-order valence-electron chi connectivity index (χ2n) is 4.93. The Balaban J connectivity index is 2.09. The van der Waals surface area contributed by atoms with Crippen LogP contribution in [0.1, 0.15) is 36.7 Å². The molecule has 0 fully saturated rings. The molecule has 1 heterocycles. The molecule has 0 saturated carbocycles. The fourth-order valence-corrected chi connectivity index (χ4v) is 2.42. The summed E-state index contributed by atoms with van der Waals surface area (Å²) in [6.07, 6.45) is 0. The van der Waals surface area contributed by atoms with Crippen molar-refractivity contribution >= 4 is 17.5 Å². The van der Waals surface area contributed by atoms with Gasteiger partial charge in [0, 0.05) is 30.9 Å². The van der Waals surface area contributed by atoms with Crippen LogP contribution in [-0.2, 0) is 11.3 Å². The molecule has 20 heavy (non-hydrogen) atoms. The summed E-state index contributed by atoms with van der Waals surface area (Å²) in [5.74, 6) is 0.0197. The van der Waals surface area contributed by atoms with Gasteiger partial charge in [0.2, 0.25) is 5.91 Å². The van der Waals surface area contributed by atoms with Crippen molar-refractivity contribution in [2.24, 2.45) is 0 Å². The molecule has 0 bridgehead atoms. The van der Waals surface area contributed by atoms with Crippen molar-refractivity contribution in [2.75, 3.05) is 18.4 Å². The highest BCUT2D eigenvalue weighted by molar-refractivity contribution is 5.99. The lowest BCUT2D eigenvalue weighted by molar-refractivity contribution is -0.131. The molecule has 5 nitrogen and oxygen atoms in total. The second kappa shape index (κ2) is 5.94. The maximum atomic E-state index is 12.2. The highest BCUT2D eigenvalue weighted by atomic mass is 16.2. The first-order valence-corrected chi connectivity index (χ1v) is 7.03. The van der Waals surface area contributed by atoms with Crippen LogP contribution in [0.5, 0.6) is 0 Å².